The maximum Gasteiger partial charge on any atom is 0.246 e. The van der Waals surface area contributed by atoms with Crippen molar-refractivity contribution >= 4 is 21.6 Å². The first-order valence-electron chi connectivity index (χ1n) is 7.49. The van der Waals surface area contributed by atoms with E-state index in [0.29, 0.717) is 18.4 Å². The van der Waals surface area contributed by atoms with Crippen LogP contribution in [0.5, 0.6) is 0 Å². The third-order valence-corrected chi connectivity index (χ3v) is 6.96. The zero-order chi connectivity index (χ0) is 15.0. The zero-order valence-corrected chi connectivity index (χ0v) is 13.6. The summed E-state index contributed by atoms with van der Waals surface area (Å²) in [5.74, 6) is 1.08. The lowest BCUT2D eigenvalue weighted by Gasteiger charge is -2.46. The van der Waals surface area contributed by atoms with E-state index in [-0.39, 0.29) is 16.2 Å². The van der Waals surface area contributed by atoms with Gasteiger partial charge >= 0.3 is 0 Å². The van der Waals surface area contributed by atoms with Gasteiger partial charge in [0.15, 0.2) is 0 Å². The predicted octanol–water partition coefficient (Wildman–Crippen LogP) is 2.72. The highest BCUT2D eigenvalue weighted by Gasteiger charge is 2.43. The van der Waals surface area contributed by atoms with Crippen LogP contribution in [0.4, 0.5) is 0 Å². The number of sulfonamides is 1. The Bertz CT molecular complexity index is 605. The Morgan fingerprint density at radius 3 is 2.57 bits per heavy atom. The largest absolute Gasteiger partial charge is 0.246 e. The Kier molecular flexibility index (Phi) is 4.21. The summed E-state index contributed by atoms with van der Waals surface area (Å²) in [7, 11) is -3.52. The maximum atomic E-state index is 12.9. The highest BCUT2D eigenvalue weighted by Crippen LogP contribution is 2.40. The predicted molar refractivity (Wildman–Crippen MR) is 80.5 cm³/mol. The minimum Gasteiger partial charge on any atom is -0.225 e. The van der Waals surface area contributed by atoms with E-state index in [4.69, 9.17) is 11.6 Å². The summed E-state index contributed by atoms with van der Waals surface area (Å²) in [5, 5.41) is 0.0664. The van der Waals surface area contributed by atoms with Crippen molar-refractivity contribution < 1.29 is 8.42 Å². The molecular formula is C14H20ClN3O2S. The van der Waals surface area contributed by atoms with Crippen molar-refractivity contribution in [1.29, 1.82) is 0 Å². The molecule has 3 atom stereocenters. The Labute approximate surface area is 130 Å². The third kappa shape index (κ3) is 2.81. The van der Waals surface area contributed by atoms with Crippen molar-refractivity contribution in [2.75, 3.05) is 6.54 Å². The fraction of sp³-hybridized carbons (Fsp3) is 0.714. The zero-order valence-electron chi connectivity index (χ0n) is 12.1. The van der Waals surface area contributed by atoms with Crippen LogP contribution in [0, 0.1) is 11.8 Å². The molecule has 0 aromatic carbocycles. The summed E-state index contributed by atoms with van der Waals surface area (Å²) in [5.41, 5.74) is 0. The second-order valence-electron chi connectivity index (χ2n) is 6.09. The van der Waals surface area contributed by atoms with E-state index in [2.05, 4.69) is 16.9 Å². The minimum absolute atomic E-state index is 0.0664. The number of hydrogen-bond acceptors (Lipinski definition) is 4. The lowest BCUT2D eigenvalue weighted by molar-refractivity contribution is 0.0827. The number of rotatable bonds is 2. The molecule has 5 nitrogen and oxygen atoms in total. The van der Waals surface area contributed by atoms with Crippen molar-refractivity contribution in [2.24, 2.45) is 11.8 Å². The molecule has 0 bridgehead atoms. The second kappa shape index (κ2) is 5.82. The molecule has 0 spiro atoms. The molecule has 1 aliphatic heterocycles. The number of fused-ring (bicyclic) bond motifs is 1. The van der Waals surface area contributed by atoms with Gasteiger partial charge < -0.3 is 0 Å². The van der Waals surface area contributed by atoms with Crippen LogP contribution < -0.4 is 0 Å². The Morgan fingerprint density at radius 2 is 1.86 bits per heavy atom. The van der Waals surface area contributed by atoms with E-state index >= 15 is 0 Å². The molecule has 1 saturated heterocycles. The van der Waals surface area contributed by atoms with E-state index in [1.165, 1.54) is 18.8 Å². The van der Waals surface area contributed by atoms with Gasteiger partial charge in [-0.15, -0.1) is 0 Å². The summed E-state index contributed by atoms with van der Waals surface area (Å²) in [6.45, 7) is 2.84. The first-order chi connectivity index (χ1) is 10.00. The maximum absolute atomic E-state index is 12.9. The van der Waals surface area contributed by atoms with Crippen LogP contribution in [0.15, 0.2) is 17.3 Å². The van der Waals surface area contributed by atoms with E-state index in [9.17, 15) is 8.42 Å². The van der Waals surface area contributed by atoms with E-state index in [1.54, 1.807) is 4.31 Å². The molecule has 1 saturated carbocycles. The van der Waals surface area contributed by atoms with Gasteiger partial charge in [0.1, 0.15) is 4.90 Å². The van der Waals surface area contributed by atoms with Crippen LogP contribution >= 0.6 is 11.6 Å². The highest BCUT2D eigenvalue weighted by atomic mass is 35.5. The Balaban J connectivity index is 1.92. The normalized spacial score (nSPS) is 30.9. The average molecular weight is 330 g/mol. The average Bonchev–Trinajstić information content (AvgIpc) is 2.48. The first kappa shape index (κ1) is 15.2. The van der Waals surface area contributed by atoms with Crippen molar-refractivity contribution in [3.8, 4) is 0 Å². The van der Waals surface area contributed by atoms with Gasteiger partial charge in [-0.05, 0) is 42.7 Å². The molecule has 2 aliphatic rings. The fourth-order valence-electron chi connectivity index (χ4n) is 3.74. The number of piperidine rings is 1. The van der Waals surface area contributed by atoms with E-state index in [0.717, 1.165) is 25.7 Å². The van der Waals surface area contributed by atoms with Crippen LogP contribution in [0.1, 0.15) is 39.0 Å². The van der Waals surface area contributed by atoms with Crippen molar-refractivity contribution in [3.63, 3.8) is 0 Å². The highest BCUT2D eigenvalue weighted by molar-refractivity contribution is 7.89. The molecular weight excluding hydrogens is 310 g/mol. The summed E-state index contributed by atoms with van der Waals surface area (Å²) in [4.78, 5) is 7.76. The Hall–Kier alpha value is -0.720. The summed E-state index contributed by atoms with van der Waals surface area (Å²) >= 11 is 5.65. The van der Waals surface area contributed by atoms with Crippen molar-refractivity contribution in [1.82, 2.24) is 14.3 Å². The smallest absolute Gasteiger partial charge is 0.225 e. The molecule has 1 aromatic heterocycles. The van der Waals surface area contributed by atoms with Gasteiger partial charge in [-0.3, -0.25) is 0 Å². The molecule has 1 aromatic rings. The first-order valence-corrected chi connectivity index (χ1v) is 9.31. The summed E-state index contributed by atoms with van der Waals surface area (Å²) in [6, 6.07) is 0.128. The molecule has 2 fully saturated rings. The van der Waals surface area contributed by atoms with Crippen LogP contribution in [-0.4, -0.2) is 35.3 Å². The fourth-order valence-corrected chi connectivity index (χ4v) is 5.44. The quantitative estimate of drug-likeness (QED) is 0.783. The number of hydrogen-bond donors (Lipinski definition) is 0. The van der Waals surface area contributed by atoms with Crippen LogP contribution in [0.25, 0.3) is 0 Å². The molecule has 3 unspecified atom stereocenters. The van der Waals surface area contributed by atoms with Crippen molar-refractivity contribution in [3.05, 3.63) is 17.7 Å². The van der Waals surface area contributed by atoms with Crippen molar-refractivity contribution in [2.45, 2.75) is 50.0 Å². The number of aromatic nitrogens is 2. The molecule has 1 aliphatic carbocycles. The number of halogens is 1. The molecule has 21 heavy (non-hydrogen) atoms. The molecule has 3 rings (SSSR count). The molecule has 0 radical (unpaired) electrons. The summed E-state index contributed by atoms with van der Waals surface area (Å²) < 4.78 is 27.4. The van der Waals surface area contributed by atoms with Gasteiger partial charge in [0, 0.05) is 12.6 Å². The van der Waals surface area contributed by atoms with Crippen LogP contribution in [0.2, 0.25) is 5.28 Å². The minimum atomic E-state index is -3.52. The van der Waals surface area contributed by atoms with E-state index < -0.39 is 10.0 Å². The lowest BCUT2D eigenvalue weighted by atomic mass is 9.74. The van der Waals surface area contributed by atoms with Crippen LogP contribution in [-0.2, 0) is 10.0 Å². The molecule has 0 amide bonds. The molecule has 116 valence electrons. The second-order valence-corrected chi connectivity index (χ2v) is 8.31. The van der Waals surface area contributed by atoms with Gasteiger partial charge in [-0.25, -0.2) is 18.4 Å². The molecule has 0 N–H and O–H groups in total. The van der Waals surface area contributed by atoms with Gasteiger partial charge in [-0.1, -0.05) is 19.8 Å². The van der Waals surface area contributed by atoms with E-state index in [1.807, 2.05) is 0 Å². The third-order valence-electron chi connectivity index (χ3n) is 4.89. The van der Waals surface area contributed by atoms with Gasteiger partial charge in [-0.2, -0.15) is 4.31 Å². The monoisotopic (exact) mass is 329 g/mol. The van der Waals surface area contributed by atoms with Gasteiger partial charge in [0.2, 0.25) is 15.3 Å². The molecule has 7 heteroatoms. The standard InChI is InChI=1S/C14H20ClN3O2S/c1-10-6-7-18(13-5-3-2-4-12(10)13)21(19,20)11-8-16-14(15)17-9-11/h8-10,12-13H,2-7H2,1H3. The van der Waals surface area contributed by atoms with Gasteiger partial charge in [0.25, 0.3) is 0 Å². The topological polar surface area (TPSA) is 63.2 Å². The number of nitrogens with zero attached hydrogens (tertiary/aromatic N) is 3. The summed E-state index contributed by atoms with van der Waals surface area (Å²) in [6.07, 6.45) is 7.95. The lowest BCUT2D eigenvalue weighted by Crippen LogP contribution is -2.52. The molecule has 2 heterocycles. The van der Waals surface area contributed by atoms with Crippen LogP contribution in [0.3, 0.4) is 0 Å². The Morgan fingerprint density at radius 1 is 1.19 bits per heavy atom. The van der Waals surface area contributed by atoms with Gasteiger partial charge in [0.05, 0.1) is 12.4 Å². The SMILES string of the molecule is CC1CCN(S(=O)(=O)c2cnc(Cl)nc2)C2CCCCC12.